The number of carbonyl (C=O) groups is 1. The topological polar surface area (TPSA) is 71.0 Å². The van der Waals surface area contributed by atoms with Gasteiger partial charge in [0.15, 0.2) is 11.5 Å². The zero-order chi connectivity index (χ0) is 23.4. The molecule has 1 atom stereocenters. The predicted molar refractivity (Wildman–Crippen MR) is 125 cm³/mol. The number of anilines is 1. The van der Waals surface area contributed by atoms with Crippen molar-refractivity contribution in [3.8, 4) is 11.5 Å². The number of amides is 1. The first-order valence-electron chi connectivity index (χ1n) is 11.0. The highest BCUT2D eigenvalue weighted by Crippen LogP contribution is 2.30. The maximum atomic E-state index is 12.0. The summed E-state index contributed by atoms with van der Waals surface area (Å²) < 4.78 is 11.3. The molecule has 1 aromatic heterocycles. The van der Waals surface area contributed by atoms with Crippen LogP contribution in [0.2, 0.25) is 0 Å². The largest absolute Gasteiger partial charge is 0.493 e. The minimum Gasteiger partial charge on any atom is -0.493 e. The summed E-state index contributed by atoms with van der Waals surface area (Å²) >= 11 is 0. The zero-order valence-electron chi connectivity index (χ0n) is 20.3. The van der Waals surface area contributed by atoms with E-state index in [0.29, 0.717) is 26.1 Å². The van der Waals surface area contributed by atoms with Crippen molar-refractivity contribution in [3.05, 3.63) is 41.3 Å². The van der Waals surface area contributed by atoms with Crippen LogP contribution >= 0.6 is 0 Å². The van der Waals surface area contributed by atoms with Crippen molar-refractivity contribution in [2.45, 2.75) is 45.4 Å². The van der Waals surface area contributed by atoms with E-state index in [9.17, 15) is 4.79 Å². The van der Waals surface area contributed by atoms with Crippen molar-refractivity contribution in [1.82, 2.24) is 19.8 Å². The highest BCUT2D eigenvalue weighted by Gasteiger charge is 2.29. The summed E-state index contributed by atoms with van der Waals surface area (Å²) in [7, 11) is 9.49. The van der Waals surface area contributed by atoms with Crippen molar-refractivity contribution in [1.29, 1.82) is 0 Å². The fraction of sp³-hybridized carbons (Fsp3) is 0.542. The lowest BCUT2D eigenvalue weighted by Crippen LogP contribution is -2.22. The second-order valence-electron chi connectivity index (χ2n) is 8.96. The molecule has 1 fully saturated rings. The molecule has 174 valence electrons. The molecule has 0 spiro atoms. The molecule has 0 unspecified atom stereocenters. The average molecular weight is 442 g/mol. The zero-order valence-corrected chi connectivity index (χ0v) is 20.3. The van der Waals surface area contributed by atoms with E-state index in [-0.39, 0.29) is 17.9 Å². The highest BCUT2D eigenvalue weighted by molar-refractivity contribution is 5.79. The average Bonchev–Trinajstić information content (AvgIpc) is 3.07. The molecular formula is C24H35N5O3. The van der Waals surface area contributed by atoms with E-state index in [4.69, 9.17) is 19.4 Å². The van der Waals surface area contributed by atoms with Gasteiger partial charge in [0.1, 0.15) is 11.6 Å². The molecule has 1 aliphatic heterocycles. The van der Waals surface area contributed by atoms with Crippen LogP contribution in [0.4, 0.5) is 5.82 Å². The molecule has 2 aromatic rings. The monoisotopic (exact) mass is 441 g/mol. The van der Waals surface area contributed by atoms with E-state index >= 15 is 0 Å². The first-order valence-corrected chi connectivity index (χ1v) is 11.0. The van der Waals surface area contributed by atoms with Crippen LogP contribution in [-0.2, 0) is 17.9 Å². The summed E-state index contributed by atoms with van der Waals surface area (Å²) in [6, 6.07) is 8.02. The Morgan fingerprint density at radius 3 is 2.47 bits per heavy atom. The quantitative estimate of drug-likeness (QED) is 0.592. The number of hydrogen-bond donors (Lipinski definition) is 0. The van der Waals surface area contributed by atoms with Gasteiger partial charge < -0.3 is 19.3 Å². The number of ether oxygens (including phenoxy) is 2. The van der Waals surface area contributed by atoms with Gasteiger partial charge in [-0.3, -0.25) is 9.69 Å². The number of likely N-dealkylation sites (N-methyl/N-ethyl adjacent to an activating group) is 1. The minimum absolute atomic E-state index is 0.0858. The van der Waals surface area contributed by atoms with Crippen LogP contribution in [0.3, 0.4) is 0 Å². The van der Waals surface area contributed by atoms with Crippen LogP contribution in [0.15, 0.2) is 24.3 Å². The summed E-state index contributed by atoms with van der Waals surface area (Å²) in [5.41, 5.74) is 2.05. The van der Waals surface area contributed by atoms with Gasteiger partial charge in [-0.1, -0.05) is 6.07 Å². The maximum Gasteiger partial charge on any atom is 0.223 e. The third-order valence-electron chi connectivity index (χ3n) is 5.45. The summed E-state index contributed by atoms with van der Waals surface area (Å²) in [6.07, 6.45) is 0.586. The number of carbonyl (C=O) groups excluding carboxylic acids is 1. The van der Waals surface area contributed by atoms with E-state index < -0.39 is 0 Å². The molecule has 1 aliphatic rings. The molecule has 1 saturated heterocycles. The lowest BCUT2D eigenvalue weighted by Gasteiger charge is -2.20. The van der Waals surface area contributed by atoms with Crippen molar-refractivity contribution < 1.29 is 14.3 Å². The van der Waals surface area contributed by atoms with Gasteiger partial charge in [-0.15, -0.1) is 0 Å². The highest BCUT2D eigenvalue weighted by atomic mass is 16.5. The van der Waals surface area contributed by atoms with E-state index in [1.807, 2.05) is 65.1 Å². The molecule has 1 amide bonds. The summed E-state index contributed by atoms with van der Waals surface area (Å²) in [4.78, 5) is 27.5. The molecule has 1 aromatic carbocycles. The predicted octanol–water partition coefficient (Wildman–Crippen LogP) is 2.92. The number of methoxy groups -OCH3 is 1. The molecule has 8 heteroatoms. The lowest BCUT2D eigenvalue weighted by atomic mass is 10.0. The first kappa shape index (κ1) is 23.8. The van der Waals surface area contributed by atoms with Gasteiger partial charge in [0, 0.05) is 52.6 Å². The second kappa shape index (κ2) is 10.2. The molecule has 0 bridgehead atoms. The van der Waals surface area contributed by atoms with Crippen molar-refractivity contribution in [2.75, 3.05) is 46.7 Å². The number of hydrogen-bond acceptors (Lipinski definition) is 7. The number of rotatable bonds is 9. The Balaban J connectivity index is 1.75. The third kappa shape index (κ3) is 5.88. The summed E-state index contributed by atoms with van der Waals surface area (Å²) in [6.45, 7) is 6.00. The van der Waals surface area contributed by atoms with Gasteiger partial charge in [0.2, 0.25) is 5.91 Å². The van der Waals surface area contributed by atoms with Gasteiger partial charge in [0.05, 0.1) is 25.5 Å². The molecular weight excluding hydrogens is 406 g/mol. The van der Waals surface area contributed by atoms with Crippen LogP contribution < -0.4 is 14.4 Å². The Hall–Kier alpha value is -2.87. The number of likely N-dealkylation sites (tertiary alicyclic amines) is 1. The van der Waals surface area contributed by atoms with Crippen LogP contribution in [0.25, 0.3) is 0 Å². The van der Waals surface area contributed by atoms with Crippen LogP contribution in [0.5, 0.6) is 11.5 Å². The lowest BCUT2D eigenvalue weighted by molar-refractivity contribution is -0.126. The van der Waals surface area contributed by atoms with Crippen molar-refractivity contribution >= 4 is 11.7 Å². The summed E-state index contributed by atoms with van der Waals surface area (Å²) in [5, 5.41) is 0. The number of benzene rings is 1. The third-order valence-corrected chi connectivity index (χ3v) is 5.45. The Morgan fingerprint density at radius 2 is 1.88 bits per heavy atom. The Labute approximate surface area is 191 Å². The molecule has 3 rings (SSSR count). The molecule has 8 nitrogen and oxygen atoms in total. The van der Waals surface area contributed by atoms with Crippen LogP contribution in [0, 0.1) is 0 Å². The Kier molecular flexibility index (Phi) is 7.56. The fourth-order valence-corrected chi connectivity index (χ4v) is 3.84. The van der Waals surface area contributed by atoms with Gasteiger partial charge in [-0.2, -0.15) is 0 Å². The van der Waals surface area contributed by atoms with E-state index in [1.54, 1.807) is 12.0 Å². The SMILES string of the molecule is COc1cc(CN(C)Cc2nc([C@H]3CC(=O)N(C)C3)cc(N(C)C)n2)ccc1OC(C)C. The van der Waals surface area contributed by atoms with E-state index in [0.717, 1.165) is 34.4 Å². The second-order valence-corrected chi connectivity index (χ2v) is 8.96. The summed E-state index contributed by atoms with van der Waals surface area (Å²) in [5.74, 6) is 3.36. The smallest absolute Gasteiger partial charge is 0.223 e. The molecule has 32 heavy (non-hydrogen) atoms. The molecule has 0 saturated carbocycles. The van der Waals surface area contributed by atoms with Gasteiger partial charge in [0.25, 0.3) is 0 Å². The minimum atomic E-state index is 0.0858. The van der Waals surface area contributed by atoms with Crippen molar-refractivity contribution in [3.63, 3.8) is 0 Å². The van der Waals surface area contributed by atoms with Crippen LogP contribution in [-0.4, -0.2) is 73.6 Å². The number of nitrogens with zero attached hydrogens (tertiary/aromatic N) is 5. The first-order chi connectivity index (χ1) is 15.2. The van der Waals surface area contributed by atoms with Crippen molar-refractivity contribution in [2.24, 2.45) is 0 Å². The van der Waals surface area contributed by atoms with Gasteiger partial charge in [-0.05, 0) is 38.6 Å². The Bertz CT molecular complexity index is 947. The molecule has 0 aliphatic carbocycles. The molecule has 0 N–H and O–H groups in total. The molecule has 2 heterocycles. The normalized spacial score (nSPS) is 16.2. The van der Waals surface area contributed by atoms with E-state index in [2.05, 4.69) is 11.0 Å². The number of aromatic nitrogens is 2. The van der Waals surface area contributed by atoms with Gasteiger partial charge in [-0.25, -0.2) is 9.97 Å². The molecule has 0 radical (unpaired) electrons. The van der Waals surface area contributed by atoms with Gasteiger partial charge >= 0.3 is 0 Å². The maximum absolute atomic E-state index is 12.0. The van der Waals surface area contributed by atoms with E-state index in [1.165, 1.54) is 0 Å². The van der Waals surface area contributed by atoms with Crippen LogP contribution in [0.1, 0.15) is 43.3 Å². The Morgan fingerprint density at radius 1 is 1.12 bits per heavy atom. The fourth-order valence-electron chi connectivity index (χ4n) is 3.84. The standard InChI is InChI=1S/C24H35N5O3/c1-16(2)32-20-9-8-17(10-21(20)31-7)13-28(5)15-22-25-19(12-23(26-22)27(3)4)18-11-24(30)29(6)14-18/h8-10,12,16,18H,11,13-15H2,1-7H3/t18-/m0/s1.